The van der Waals surface area contributed by atoms with Gasteiger partial charge in [0, 0.05) is 13.1 Å². The third-order valence-electron chi connectivity index (χ3n) is 2.93. The number of nitrogens with two attached hydrogens (primary N) is 1. The Labute approximate surface area is 93.1 Å². The Balaban J connectivity index is 2.62. The van der Waals surface area contributed by atoms with Crippen molar-refractivity contribution >= 4 is 5.84 Å². The molecule has 4 heteroatoms. The highest BCUT2D eigenvalue weighted by atomic mass is 15.2. The Morgan fingerprint density at radius 2 is 2.13 bits per heavy atom. The normalized spacial score (nSPS) is 26.6. The summed E-state index contributed by atoms with van der Waals surface area (Å²) in [4.78, 5) is 9.07. The monoisotopic (exact) mass is 212 g/mol. The Bertz CT molecular complexity index is 215. The van der Waals surface area contributed by atoms with E-state index in [1.165, 1.54) is 6.42 Å². The lowest BCUT2D eigenvalue weighted by Gasteiger charge is -2.26. The van der Waals surface area contributed by atoms with E-state index in [0.29, 0.717) is 6.04 Å². The maximum Gasteiger partial charge on any atom is 0.112 e. The quantitative estimate of drug-likeness (QED) is 0.544. The van der Waals surface area contributed by atoms with Gasteiger partial charge in [-0.3, -0.25) is 9.89 Å². The molecule has 1 saturated heterocycles. The summed E-state index contributed by atoms with van der Waals surface area (Å²) in [5, 5.41) is 0. The van der Waals surface area contributed by atoms with Gasteiger partial charge in [0.25, 0.3) is 0 Å². The number of nitrogens with zero attached hydrogens (tertiary/aromatic N) is 3. The van der Waals surface area contributed by atoms with Crippen molar-refractivity contribution in [3.8, 4) is 0 Å². The zero-order chi connectivity index (χ0) is 11.3. The minimum absolute atomic E-state index is 0.295. The zero-order valence-corrected chi connectivity index (χ0v) is 10.2. The molecule has 0 bridgehead atoms. The molecule has 0 saturated carbocycles. The van der Waals surface area contributed by atoms with E-state index < -0.39 is 0 Å². The van der Waals surface area contributed by atoms with Gasteiger partial charge in [-0.25, -0.2) is 0 Å². The number of hydrogen-bond donors (Lipinski definition) is 1. The summed E-state index contributed by atoms with van der Waals surface area (Å²) in [6.45, 7) is 6.23. The molecular weight excluding hydrogens is 188 g/mol. The van der Waals surface area contributed by atoms with Gasteiger partial charge < -0.3 is 10.6 Å². The lowest BCUT2D eigenvalue weighted by Crippen LogP contribution is -2.47. The maximum atomic E-state index is 6.04. The Kier molecular flexibility index (Phi) is 5.05. The highest BCUT2D eigenvalue weighted by molar-refractivity contribution is 5.86. The highest BCUT2D eigenvalue weighted by Crippen LogP contribution is 2.06. The van der Waals surface area contributed by atoms with Crippen molar-refractivity contribution in [3.63, 3.8) is 0 Å². The lowest BCUT2D eigenvalue weighted by atomic mass is 10.2. The van der Waals surface area contributed by atoms with E-state index in [9.17, 15) is 0 Å². The maximum absolute atomic E-state index is 6.04. The first-order chi connectivity index (χ1) is 7.15. The molecular formula is C11H24N4. The van der Waals surface area contributed by atoms with Crippen LogP contribution in [-0.2, 0) is 0 Å². The van der Waals surface area contributed by atoms with Crippen molar-refractivity contribution < 1.29 is 0 Å². The van der Waals surface area contributed by atoms with E-state index in [4.69, 9.17) is 5.73 Å². The molecule has 1 unspecified atom stereocenters. The SMILES string of the molecule is CCCN=C(N)C1CN(C)CCCN1C. The molecule has 1 heterocycles. The van der Waals surface area contributed by atoms with Crippen molar-refractivity contribution in [1.29, 1.82) is 0 Å². The number of amidine groups is 1. The van der Waals surface area contributed by atoms with Crippen LogP contribution in [0.2, 0.25) is 0 Å². The Hall–Kier alpha value is -0.610. The molecule has 0 spiro atoms. The fourth-order valence-electron chi connectivity index (χ4n) is 1.94. The van der Waals surface area contributed by atoms with Crippen LogP contribution in [0, 0.1) is 0 Å². The van der Waals surface area contributed by atoms with Crippen LogP contribution >= 0.6 is 0 Å². The van der Waals surface area contributed by atoms with Crippen LogP contribution in [0.25, 0.3) is 0 Å². The van der Waals surface area contributed by atoms with Crippen molar-refractivity contribution in [1.82, 2.24) is 9.80 Å². The summed E-state index contributed by atoms with van der Waals surface area (Å²) in [5.74, 6) is 0.799. The first-order valence-corrected chi connectivity index (χ1v) is 5.83. The molecule has 15 heavy (non-hydrogen) atoms. The van der Waals surface area contributed by atoms with Crippen LogP contribution in [0.15, 0.2) is 4.99 Å². The Morgan fingerprint density at radius 3 is 2.80 bits per heavy atom. The molecule has 88 valence electrons. The second kappa shape index (κ2) is 6.08. The second-order valence-corrected chi connectivity index (χ2v) is 4.42. The van der Waals surface area contributed by atoms with E-state index in [-0.39, 0.29) is 0 Å². The fraction of sp³-hybridized carbons (Fsp3) is 0.909. The summed E-state index contributed by atoms with van der Waals surface area (Å²) in [7, 11) is 4.29. The van der Waals surface area contributed by atoms with Crippen LogP contribution < -0.4 is 5.73 Å². The topological polar surface area (TPSA) is 44.9 Å². The van der Waals surface area contributed by atoms with E-state index in [1.54, 1.807) is 0 Å². The molecule has 0 aliphatic carbocycles. The number of hydrogen-bond acceptors (Lipinski definition) is 3. The predicted octanol–water partition coefficient (Wildman–Crippen LogP) is 0.390. The smallest absolute Gasteiger partial charge is 0.112 e. The van der Waals surface area contributed by atoms with Crippen molar-refractivity contribution in [3.05, 3.63) is 0 Å². The molecule has 4 nitrogen and oxygen atoms in total. The van der Waals surface area contributed by atoms with Gasteiger partial charge in [-0.15, -0.1) is 0 Å². The van der Waals surface area contributed by atoms with E-state index in [0.717, 1.165) is 38.4 Å². The average Bonchev–Trinajstić information content (AvgIpc) is 2.37. The number of likely N-dealkylation sites (N-methyl/N-ethyl adjacent to an activating group) is 2. The third kappa shape index (κ3) is 3.80. The highest BCUT2D eigenvalue weighted by Gasteiger charge is 2.23. The van der Waals surface area contributed by atoms with E-state index in [2.05, 4.69) is 35.8 Å². The predicted molar refractivity (Wildman–Crippen MR) is 65.3 cm³/mol. The van der Waals surface area contributed by atoms with Gasteiger partial charge in [-0.1, -0.05) is 6.92 Å². The largest absolute Gasteiger partial charge is 0.386 e. The average molecular weight is 212 g/mol. The molecule has 1 rings (SSSR count). The molecule has 1 fully saturated rings. The summed E-state index contributed by atoms with van der Waals surface area (Å²) < 4.78 is 0. The van der Waals surface area contributed by atoms with Crippen LogP contribution in [0.5, 0.6) is 0 Å². The molecule has 1 aliphatic heterocycles. The fourth-order valence-corrected chi connectivity index (χ4v) is 1.94. The van der Waals surface area contributed by atoms with Gasteiger partial charge in [0.1, 0.15) is 5.84 Å². The van der Waals surface area contributed by atoms with Gasteiger partial charge in [0.2, 0.25) is 0 Å². The minimum atomic E-state index is 0.295. The molecule has 2 N–H and O–H groups in total. The Morgan fingerprint density at radius 1 is 1.40 bits per heavy atom. The van der Waals surface area contributed by atoms with Crippen molar-refractivity contribution in [2.24, 2.45) is 10.7 Å². The van der Waals surface area contributed by atoms with Gasteiger partial charge >= 0.3 is 0 Å². The zero-order valence-electron chi connectivity index (χ0n) is 10.2. The second-order valence-electron chi connectivity index (χ2n) is 4.42. The van der Waals surface area contributed by atoms with Crippen LogP contribution in [0.4, 0.5) is 0 Å². The van der Waals surface area contributed by atoms with Gasteiger partial charge in [0.05, 0.1) is 6.04 Å². The lowest BCUT2D eigenvalue weighted by molar-refractivity contribution is 0.277. The van der Waals surface area contributed by atoms with Gasteiger partial charge in [0.15, 0.2) is 0 Å². The van der Waals surface area contributed by atoms with Crippen molar-refractivity contribution in [2.45, 2.75) is 25.8 Å². The first kappa shape index (κ1) is 12.5. The molecule has 0 aromatic rings. The summed E-state index contributed by atoms with van der Waals surface area (Å²) in [6.07, 6.45) is 2.28. The van der Waals surface area contributed by atoms with Crippen molar-refractivity contribution in [2.75, 3.05) is 40.3 Å². The molecule has 0 aromatic carbocycles. The van der Waals surface area contributed by atoms with Gasteiger partial charge in [-0.05, 0) is 40.0 Å². The molecule has 0 radical (unpaired) electrons. The molecule has 0 aromatic heterocycles. The minimum Gasteiger partial charge on any atom is -0.386 e. The standard InChI is InChI=1S/C11H24N4/c1-4-6-13-11(12)10-9-14(2)7-5-8-15(10)3/h10H,4-9H2,1-3H3,(H2,12,13). The summed E-state index contributed by atoms with van der Waals surface area (Å²) in [6, 6.07) is 0.295. The molecule has 0 amide bonds. The van der Waals surface area contributed by atoms with Crippen LogP contribution in [0.1, 0.15) is 19.8 Å². The number of rotatable bonds is 3. The summed E-state index contributed by atoms with van der Waals surface area (Å²) >= 11 is 0. The van der Waals surface area contributed by atoms with Gasteiger partial charge in [-0.2, -0.15) is 0 Å². The first-order valence-electron chi connectivity index (χ1n) is 5.83. The molecule has 1 aliphatic rings. The molecule has 1 atom stereocenters. The third-order valence-corrected chi connectivity index (χ3v) is 2.93. The number of aliphatic imine (C=N–C) groups is 1. The van der Waals surface area contributed by atoms with Crippen LogP contribution in [0.3, 0.4) is 0 Å². The van der Waals surface area contributed by atoms with E-state index in [1.807, 2.05) is 0 Å². The summed E-state index contributed by atoms with van der Waals surface area (Å²) in [5.41, 5.74) is 6.04. The van der Waals surface area contributed by atoms with Crippen LogP contribution in [-0.4, -0.2) is 62.0 Å². The van der Waals surface area contributed by atoms with E-state index >= 15 is 0 Å².